The van der Waals surface area contributed by atoms with Crippen LogP contribution in [0.15, 0.2) is 24.3 Å². The van der Waals surface area contributed by atoms with Gasteiger partial charge < -0.3 is 4.90 Å². The van der Waals surface area contributed by atoms with Crippen molar-refractivity contribution in [2.75, 3.05) is 17.7 Å². The second-order valence-corrected chi connectivity index (χ2v) is 8.24. The number of carbonyl (C=O) groups is 1. The number of para-hydroxylation sites is 1. The molecule has 0 saturated heterocycles. The first-order chi connectivity index (χ1) is 10.4. The molecule has 1 aliphatic carbocycles. The molecule has 1 aromatic carbocycles. The maximum absolute atomic E-state index is 12.6. The Labute approximate surface area is 132 Å². The van der Waals surface area contributed by atoms with Crippen LogP contribution in [0, 0.1) is 0 Å². The van der Waals surface area contributed by atoms with E-state index in [1.807, 2.05) is 36.1 Å². The highest BCUT2D eigenvalue weighted by Crippen LogP contribution is 2.33. The maximum atomic E-state index is 12.6. The summed E-state index contributed by atoms with van der Waals surface area (Å²) in [6.45, 7) is 2.32. The molecule has 0 spiro atoms. The number of rotatable bonds is 5. The molecule has 120 valence electrons. The highest BCUT2D eigenvalue weighted by molar-refractivity contribution is 7.88. The van der Waals surface area contributed by atoms with Crippen LogP contribution < -0.4 is 4.90 Å². The molecular formula is C16H22N2O3S. The first kappa shape index (κ1) is 15.5. The van der Waals surface area contributed by atoms with Crippen LogP contribution in [0.3, 0.4) is 0 Å². The summed E-state index contributed by atoms with van der Waals surface area (Å²) in [6.07, 6.45) is 4.14. The molecule has 1 saturated carbocycles. The number of hydrogen-bond acceptors (Lipinski definition) is 3. The Hall–Kier alpha value is -1.40. The lowest BCUT2D eigenvalue weighted by Crippen LogP contribution is -2.40. The zero-order valence-electron chi connectivity index (χ0n) is 13.0. The molecule has 1 aliphatic heterocycles. The smallest absolute Gasteiger partial charge is 0.228 e. The summed E-state index contributed by atoms with van der Waals surface area (Å²) < 4.78 is 25.1. The molecule has 3 rings (SSSR count). The quantitative estimate of drug-likeness (QED) is 0.830. The van der Waals surface area contributed by atoms with Gasteiger partial charge in [0.25, 0.3) is 0 Å². The summed E-state index contributed by atoms with van der Waals surface area (Å²) in [5.74, 6) is 0.00625. The van der Waals surface area contributed by atoms with E-state index in [1.54, 1.807) is 0 Å². The van der Waals surface area contributed by atoms with Crippen molar-refractivity contribution in [3.63, 3.8) is 0 Å². The van der Waals surface area contributed by atoms with Crippen LogP contribution in [0.2, 0.25) is 0 Å². The van der Waals surface area contributed by atoms with Gasteiger partial charge in [0, 0.05) is 30.7 Å². The molecule has 6 heteroatoms. The third-order valence-corrected chi connectivity index (χ3v) is 5.73. The van der Waals surface area contributed by atoms with E-state index in [0.29, 0.717) is 0 Å². The molecule has 1 amide bonds. The summed E-state index contributed by atoms with van der Waals surface area (Å²) in [4.78, 5) is 14.4. The molecular weight excluding hydrogens is 300 g/mol. The van der Waals surface area contributed by atoms with Crippen LogP contribution in [-0.2, 0) is 21.2 Å². The lowest BCUT2D eigenvalue weighted by Gasteiger charge is -2.25. The van der Waals surface area contributed by atoms with E-state index in [2.05, 4.69) is 0 Å². The van der Waals surface area contributed by atoms with Crippen molar-refractivity contribution >= 4 is 21.6 Å². The predicted octanol–water partition coefficient (Wildman–Crippen LogP) is 1.78. The maximum Gasteiger partial charge on any atom is 0.228 e. The van der Waals surface area contributed by atoms with Crippen LogP contribution >= 0.6 is 0 Å². The van der Waals surface area contributed by atoms with Crippen molar-refractivity contribution in [1.29, 1.82) is 0 Å². The van der Waals surface area contributed by atoms with Gasteiger partial charge >= 0.3 is 0 Å². The fraction of sp³-hybridized carbons (Fsp3) is 0.562. The third-order valence-electron chi connectivity index (χ3n) is 4.40. The standard InChI is InChI=1S/C16H22N2O3S/c1-12-11-13-5-3-4-6-15(13)18(12)16(19)9-10-17(14-7-8-14)22(2,20)21/h3-6,12,14H,7-11H2,1-2H3. The van der Waals surface area contributed by atoms with Crippen molar-refractivity contribution in [2.45, 2.75) is 44.7 Å². The molecule has 0 bridgehead atoms. The Bertz CT molecular complexity index is 682. The molecule has 0 radical (unpaired) electrons. The molecule has 1 fully saturated rings. The molecule has 2 aliphatic rings. The zero-order chi connectivity index (χ0) is 15.9. The van der Waals surface area contributed by atoms with E-state index in [-0.39, 0.29) is 31.0 Å². The van der Waals surface area contributed by atoms with Gasteiger partial charge in [-0.25, -0.2) is 8.42 Å². The Morgan fingerprint density at radius 3 is 2.64 bits per heavy atom. The van der Waals surface area contributed by atoms with Gasteiger partial charge in [-0.3, -0.25) is 4.79 Å². The molecule has 0 aromatic heterocycles. The van der Waals surface area contributed by atoms with Crippen LogP contribution in [-0.4, -0.2) is 43.5 Å². The molecule has 1 aromatic rings. The zero-order valence-corrected chi connectivity index (χ0v) is 13.8. The molecule has 5 nitrogen and oxygen atoms in total. The lowest BCUT2D eigenvalue weighted by atomic mass is 10.1. The van der Waals surface area contributed by atoms with Gasteiger partial charge in [0.1, 0.15) is 0 Å². The Balaban J connectivity index is 1.70. The van der Waals surface area contributed by atoms with Gasteiger partial charge in [0.05, 0.1) is 6.26 Å². The largest absolute Gasteiger partial charge is 0.309 e. The number of fused-ring (bicyclic) bond motifs is 1. The Morgan fingerprint density at radius 2 is 2.00 bits per heavy atom. The summed E-state index contributed by atoms with van der Waals surface area (Å²) in [5.41, 5.74) is 2.16. The second-order valence-electron chi connectivity index (χ2n) is 6.30. The number of anilines is 1. The van der Waals surface area contributed by atoms with Crippen LogP contribution in [0.1, 0.15) is 31.7 Å². The third kappa shape index (κ3) is 3.03. The fourth-order valence-corrected chi connectivity index (χ4v) is 4.43. The van der Waals surface area contributed by atoms with Gasteiger partial charge in [-0.05, 0) is 37.8 Å². The number of nitrogens with zero attached hydrogens (tertiary/aromatic N) is 2. The topological polar surface area (TPSA) is 57.7 Å². The van der Waals surface area contributed by atoms with Gasteiger partial charge in [0.15, 0.2) is 0 Å². The average Bonchev–Trinajstić information content (AvgIpc) is 3.18. The highest BCUT2D eigenvalue weighted by Gasteiger charge is 2.36. The lowest BCUT2D eigenvalue weighted by molar-refractivity contribution is -0.119. The summed E-state index contributed by atoms with van der Waals surface area (Å²) in [7, 11) is -3.23. The van der Waals surface area contributed by atoms with Crippen LogP contribution in [0.5, 0.6) is 0 Å². The normalized spacial score (nSPS) is 21.2. The monoisotopic (exact) mass is 322 g/mol. The highest BCUT2D eigenvalue weighted by atomic mass is 32.2. The van der Waals surface area contributed by atoms with E-state index in [9.17, 15) is 13.2 Å². The number of carbonyl (C=O) groups excluding carboxylic acids is 1. The number of amides is 1. The summed E-state index contributed by atoms with van der Waals surface area (Å²) >= 11 is 0. The van der Waals surface area contributed by atoms with Crippen LogP contribution in [0.25, 0.3) is 0 Å². The molecule has 22 heavy (non-hydrogen) atoms. The van der Waals surface area contributed by atoms with Crippen molar-refractivity contribution in [1.82, 2.24) is 4.31 Å². The number of hydrogen-bond donors (Lipinski definition) is 0. The minimum atomic E-state index is -3.23. The minimum Gasteiger partial charge on any atom is -0.309 e. The van der Waals surface area contributed by atoms with E-state index >= 15 is 0 Å². The fourth-order valence-electron chi connectivity index (χ4n) is 3.25. The van der Waals surface area contributed by atoms with Gasteiger partial charge in [0.2, 0.25) is 15.9 Å². The average molecular weight is 322 g/mol. The van der Waals surface area contributed by atoms with Gasteiger partial charge in [-0.2, -0.15) is 4.31 Å². The Morgan fingerprint density at radius 1 is 1.32 bits per heavy atom. The van der Waals surface area contributed by atoms with Crippen molar-refractivity contribution in [2.24, 2.45) is 0 Å². The Kier molecular flexibility index (Phi) is 3.99. The first-order valence-electron chi connectivity index (χ1n) is 7.74. The molecule has 1 unspecified atom stereocenters. The van der Waals surface area contributed by atoms with E-state index in [0.717, 1.165) is 24.9 Å². The molecule has 0 N–H and O–H groups in total. The predicted molar refractivity (Wildman–Crippen MR) is 86.3 cm³/mol. The van der Waals surface area contributed by atoms with Gasteiger partial charge in [-0.15, -0.1) is 0 Å². The van der Waals surface area contributed by atoms with Gasteiger partial charge in [-0.1, -0.05) is 18.2 Å². The summed E-state index contributed by atoms with van der Waals surface area (Å²) in [6, 6.07) is 8.17. The van der Waals surface area contributed by atoms with E-state index < -0.39 is 10.0 Å². The van der Waals surface area contributed by atoms with E-state index in [1.165, 1.54) is 16.1 Å². The van der Waals surface area contributed by atoms with Crippen molar-refractivity contribution in [3.05, 3.63) is 29.8 Å². The second kappa shape index (κ2) is 5.66. The SMILES string of the molecule is CC1Cc2ccccc2N1C(=O)CCN(C1CC1)S(C)(=O)=O. The van der Waals surface area contributed by atoms with Crippen LogP contribution in [0.4, 0.5) is 5.69 Å². The molecule has 1 atom stereocenters. The number of sulfonamides is 1. The summed E-state index contributed by atoms with van der Waals surface area (Å²) in [5, 5.41) is 0. The number of benzene rings is 1. The first-order valence-corrected chi connectivity index (χ1v) is 9.59. The van der Waals surface area contributed by atoms with E-state index in [4.69, 9.17) is 0 Å². The van der Waals surface area contributed by atoms with Crippen molar-refractivity contribution in [3.8, 4) is 0 Å². The van der Waals surface area contributed by atoms with Crippen molar-refractivity contribution < 1.29 is 13.2 Å². The molecule has 1 heterocycles. The minimum absolute atomic E-state index is 0.00625.